The van der Waals surface area contributed by atoms with Crippen molar-refractivity contribution < 1.29 is 4.79 Å². The Morgan fingerprint density at radius 2 is 2.31 bits per heavy atom. The first-order chi connectivity index (χ1) is 6.15. The Balaban J connectivity index is 2.38. The van der Waals surface area contributed by atoms with Gasteiger partial charge in [-0.05, 0) is 12.6 Å². The first kappa shape index (κ1) is 10.1. The lowest BCUT2D eigenvalue weighted by molar-refractivity contribution is 0.201. The minimum atomic E-state index is 0.109. The van der Waals surface area contributed by atoms with E-state index in [0.717, 1.165) is 25.2 Å². The van der Waals surface area contributed by atoms with Crippen molar-refractivity contribution >= 4 is 6.03 Å². The van der Waals surface area contributed by atoms with E-state index in [4.69, 9.17) is 0 Å². The van der Waals surface area contributed by atoms with Crippen LogP contribution >= 0.6 is 0 Å². The van der Waals surface area contributed by atoms with Crippen LogP contribution in [0.4, 0.5) is 4.79 Å². The largest absolute Gasteiger partial charge is 0.326 e. The lowest BCUT2D eigenvalue weighted by atomic mass is 10.3. The Morgan fingerprint density at radius 3 is 2.77 bits per heavy atom. The van der Waals surface area contributed by atoms with Crippen molar-refractivity contribution in [3.8, 4) is 0 Å². The number of nitrogens with zero attached hydrogens (tertiary/aromatic N) is 2. The molecule has 1 heterocycles. The maximum absolute atomic E-state index is 11.4. The van der Waals surface area contributed by atoms with E-state index in [1.54, 1.807) is 4.90 Å². The highest BCUT2D eigenvalue weighted by Gasteiger charge is 2.24. The number of carbonyl (C=O) groups is 1. The van der Waals surface area contributed by atoms with E-state index in [0.29, 0.717) is 6.54 Å². The van der Waals surface area contributed by atoms with Crippen LogP contribution in [0.3, 0.4) is 0 Å². The second-order valence-electron chi connectivity index (χ2n) is 3.41. The zero-order valence-electron chi connectivity index (χ0n) is 8.34. The first-order valence-corrected chi connectivity index (χ1v) is 4.46. The Morgan fingerprint density at radius 1 is 1.62 bits per heavy atom. The van der Waals surface area contributed by atoms with Crippen molar-refractivity contribution in [3.63, 3.8) is 0 Å². The van der Waals surface area contributed by atoms with E-state index in [1.165, 1.54) is 0 Å². The van der Waals surface area contributed by atoms with Gasteiger partial charge >= 0.3 is 6.03 Å². The van der Waals surface area contributed by atoms with Crippen molar-refractivity contribution in [2.45, 2.75) is 0 Å². The molecule has 1 saturated heterocycles. The quantitative estimate of drug-likeness (QED) is 0.629. The van der Waals surface area contributed by atoms with Gasteiger partial charge in [-0.2, -0.15) is 0 Å². The van der Waals surface area contributed by atoms with Crippen LogP contribution in [0.1, 0.15) is 0 Å². The van der Waals surface area contributed by atoms with Crippen LogP contribution in [0.25, 0.3) is 0 Å². The fraction of sp³-hybridized carbons (Fsp3) is 0.667. The molecule has 0 bridgehead atoms. The average molecular weight is 183 g/mol. The zero-order valence-corrected chi connectivity index (χ0v) is 8.34. The molecule has 0 aromatic carbocycles. The summed E-state index contributed by atoms with van der Waals surface area (Å²) in [5.41, 5.74) is 1.05. The molecule has 0 radical (unpaired) electrons. The molecule has 13 heavy (non-hydrogen) atoms. The van der Waals surface area contributed by atoms with E-state index in [9.17, 15) is 4.79 Å². The molecule has 0 aromatic rings. The van der Waals surface area contributed by atoms with Crippen LogP contribution in [0.15, 0.2) is 12.2 Å². The first-order valence-electron chi connectivity index (χ1n) is 4.46. The van der Waals surface area contributed by atoms with Crippen molar-refractivity contribution in [1.29, 1.82) is 0 Å². The summed E-state index contributed by atoms with van der Waals surface area (Å²) < 4.78 is 0. The summed E-state index contributed by atoms with van der Waals surface area (Å²) in [4.78, 5) is 15.0. The molecule has 2 amide bonds. The Bertz CT molecular complexity index is 215. The Kier molecular flexibility index (Phi) is 3.31. The van der Waals surface area contributed by atoms with Gasteiger partial charge in [0.15, 0.2) is 0 Å². The second-order valence-corrected chi connectivity index (χ2v) is 3.41. The summed E-state index contributed by atoms with van der Waals surface area (Å²) in [5, 5.41) is 3.02. The monoisotopic (exact) mass is 183 g/mol. The van der Waals surface area contributed by atoms with E-state index < -0.39 is 0 Å². The van der Waals surface area contributed by atoms with Gasteiger partial charge in [-0.15, -0.1) is 0 Å². The molecule has 0 aromatic heterocycles. The fourth-order valence-electron chi connectivity index (χ4n) is 1.43. The number of carbonyl (C=O) groups excluding carboxylic acids is 1. The molecule has 1 aliphatic heterocycles. The molecule has 0 unspecified atom stereocenters. The third kappa shape index (κ3) is 2.45. The van der Waals surface area contributed by atoms with Gasteiger partial charge in [0.05, 0.1) is 0 Å². The minimum absolute atomic E-state index is 0.109. The van der Waals surface area contributed by atoms with Gasteiger partial charge in [-0.25, -0.2) is 4.79 Å². The third-order valence-corrected chi connectivity index (χ3v) is 2.14. The fourth-order valence-corrected chi connectivity index (χ4v) is 1.43. The summed E-state index contributed by atoms with van der Waals surface area (Å²) in [6.07, 6.45) is 0. The summed E-state index contributed by atoms with van der Waals surface area (Å²) in [5.74, 6) is 0. The van der Waals surface area contributed by atoms with E-state index in [1.807, 2.05) is 19.0 Å². The zero-order chi connectivity index (χ0) is 9.84. The molecular weight excluding hydrogens is 166 g/mol. The normalized spacial score (nSPS) is 16.9. The Hall–Kier alpha value is -1.03. The number of urea groups is 1. The van der Waals surface area contributed by atoms with Crippen LogP contribution < -0.4 is 5.32 Å². The van der Waals surface area contributed by atoms with Gasteiger partial charge in [0.2, 0.25) is 0 Å². The smallest absolute Gasteiger partial charge is 0.320 e. The van der Waals surface area contributed by atoms with Crippen LogP contribution in [0.2, 0.25) is 0 Å². The molecular formula is C9H17N3O. The number of hydrogen-bond acceptors (Lipinski definition) is 2. The van der Waals surface area contributed by atoms with Crippen molar-refractivity contribution in [1.82, 2.24) is 15.1 Å². The molecule has 0 atom stereocenters. The number of amides is 2. The third-order valence-electron chi connectivity index (χ3n) is 2.14. The predicted molar refractivity (Wildman–Crippen MR) is 52.7 cm³/mol. The van der Waals surface area contributed by atoms with E-state index in [2.05, 4.69) is 11.9 Å². The number of nitrogens with one attached hydrogen (secondary N) is 1. The maximum Gasteiger partial charge on any atom is 0.320 e. The van der Waals surface area contributed by atoms with Gasteiger partial charge in [-0.3, -0.25) is 0 Å². The van der Waals surface area contributed by atoms with Gasteiger partial charge in [-0.1, -0.05) is 6.58 Å². The molecule has 4 nitrogen and oxygen atoms in total. The highest BCUT2D eigenvalue weighted by atomic mass is 16.2. The molecule has 0 spiro atoms. The number of rotatable bonds is 4. The molecule has 74 valence electrons. The van der Waals surface area contributed by atoms with Gasteiger partial charge < -0.3 is 15.1 Å². The minimum Gasteiger partial charge on any atom is -0.326 e. The average Bonchev–Trinajstić information content (AvgIpc) is 2.37. The predicted octanol–water partition coefficient (Wildman–Crippen LogP) is 0.129. The van der Waals surface area contributed by atoms with Crippen molar-refractivity contribution in [3.05, 3.63) is 12.2 Å². The van der Waals surface area contributed by atoms with Crippen LogP contribution in [0, 0.1) is 0 Å². The maximum atomic E-state index is 11.4. The standard InChI is InChI=1S/C9H17N3O/c1-8(6-10-2)7-12-5-4-11(3)9(12)13/h10H,1,4-7H2,2-3H3. The lowest BCUT2D eigenvalue weighted by Gasteiger charge is -2.17. The topological polar surface area (TPSA) is 35.6 Å². The van der Waals surface area contributed by atoms with Crippen molar-refractivity contribution in [2.75, 3.05) is 40.3 Å². The van der Waals surface area contributed by atoms with E-state index in [-0.39, 0.29) is 6.03 Å². The molecule has 4 heteroatoms. The Labute approximate surface area is 79.2 Å². The van der Waals surface area contributed by atoms with Gasteiger partial charge in [0.25, 0.3) is 0 Å². The highest BCUT2D eigenvalue weighted by Crippen LogP contribution is 2.07. The highest BCUT2D eigenvalue weighted by molar-refractivity contribution is 5.76. The van der Waals surface area contributed by atoms with Gasteiger partial charge in [0, 0.05) is 33.2 Å². The van der Waals surface area contributed by atoms with Crippen LogP contribution in [-0.4, -0.2) is 56.1 Å². The summed E-state index contributed by atoms with van der Waals surface area (Å²) in [6.45, 7) is 6.98. The van der Waals surface area contributed by atoms with E-state index >= 15 is 0 Å². The lowest BCUT2D eigenvalue weighted by Crippen LogP contribution is -2.32. The van der Waals surface area contributed by atoms with Crippen LogP contribution in [0.5, 0.6) is 0 Å². The second kappa shape index (κ2) is 4.28. The number of likely N-dealkylation sites (N-methyl/N-ethyl adjacent to an activating group) is 2. The molecule has 1 aliphatic rings. The summed E-state index contributed by atoms with van der Waals surface area (Å²) in [6, 6.07) is 0.109. The van der Waals surface area contributed by atoms with Gasteiger partial charge in [0.1, 0.15) is 0 Å². The summed E-state index contributed by atoms with van der Waals surface area (Å²) in [7, 11) is 3.70. The van der Waals surface area contributed by atoms with Crippen molar-refractivity contribution in [2.24, 2.45) is 0 Å². The number of hydrogen-bond donors (Lipinski definition) is 1. The molecule has 1 rings (SSSR count). The molecule has 0 aliphatic carbocycles. The summed E-state index contributed by atoms with van der Waals surface area (Å²) >= 11 is 0. The SMILES string of the molecule is C=C(CNC)CN1CCN(C)C1=O. The van der Waals surface area contributed by atoms with Crippen LogP contribution in [-0.2, 0) is 0 Å². The molecule has 1 N–H and O–H groups in total. The molecule has 1 fully saturated rings. The molecule has 0 saturated carbocycles.